The first-order valence-corrected chi connectivity index (χ1v) is 4.48. The summed E-state index contributed by atoms with van der Waals surface area (Å²) in [6.07, 6.45) is -0.292. The predicted octanol–water partition coefficient (Wildman–Crippen LogP) is 3.02. The highest BCUT2D eigenvalue weighted by Crippen LogP contribution is 2.46. The van der Waals surface area contributed by atoms with E-state index < -0.39 is 12.8 Å². The molecule has 0 bridgehead atoms. The zero-order valence-electron chi connectivity index (χ0n) is 7.16. The molecule has 0 saturated heterocycles. The van der Waals surface area contributed by atoms with Gasteiger partial charge in [0.2, 0.25) is 0 Å². The van der Waals surface area contributed by atoms with Gasteiger partial charge in [-0.25, -0.2) is 0 Å². The second-order valence-corrected chi connectivity index (χ2v) is 3.63. The van der Waals surface area contributed by atoms with Gasteiger partial charge in [0, 0.05) is 6.42 Å². The maximum absolute atomic E-state index is 11.8. The van der Waals surface area contributed by atoms with E-state index in [1.165, 1.54) is 0 Å². The van der Waals surface area contributed by atoms with Gasteiger partial charge < -0.3 is 4.74 Å². The molecule has 0 aromatic carbocycles. The number of alkyl halides is 3. The third-order valence-electron chi connectivity index (χ3n) is 2.46. The normalized spacial score (nSPS) is 23.0. The lowest BCUT2D eigenvalue weighted by Crippen LogP contribution is -2.20. The Bertz CT molecular complexity index is 238. The van der Waals surface area contributed by atoms with Crippen molar-refractivity contribution in [3.05, 3.63) is 11.3 Å². The summed E-state index contributed by atoms with van der Waals surface area (Å²) in [4.78, 5) is 0. The number of allylic oxidation sites excluding steroid dienone is 2. The van der Waals surface area contributed by atoms with Crippen molar-refractivity contribution in [3.63, 3.8) is 0 Å². The summed E-state index contributed by atoms with van der Waals surface area (Å²) in [6, 6.07) is 0. The summed E-state index contributed by atoms with van der Waals surface area (Å²) in [5.74, 6) is 1.16. The lowest BCUT2D eigenvalue weighted by atomic mass is 9.92. The fraction of sp³-hybridized carbons (Fsp3) is 0.778. The topological polar surface area (TPSA) is 9.23 Å². The van der Waals surface area contributed by atoms with E-state index >= 15 is 0 Å². The molecule has 1 fully saturated rings. The van der Waals surface area contributed by atoms with E-state index in [0.29, 0.717) is 18.1 Å². The van der Waals surface area contributed by atoms with E-state index in [1.54, 1.807) is 0 Å². The van der Waals surface area contributed by atoms with E-state index in [4.69, 9.17) is 4.74 Å². The van der Waals surface area contributed by atoms with Crippen molar-refractivity contribution >= 4 is 0 Å². The molecule has 2 aliphatic carbocycles. The van der Waals surface area contributed by atoms with Crippen molar-refractivity contribution < 1.29 is 17.9 Å². The summed E-state index contributed by atoms with van der Waals surface area (Å²) < 4.78 is 40.0. The van der Waals surface area contributed by atoms with Crippen molar-refractivity contribution in [1.29, 1.82) is 0 Å². The first-order valence-electron chi connectivity index (χ1n) is 4.48. The smallest absolute Gasteiger partial charge is 0.422 e. The maximum Gasteiger partial charge on any atom is 0.422 e. The van der Waals surface area contributed by atoms with E-state index in [-0.39, 0.29) is 0 Å². The molecule has 0 radical (unpaired) electrons. The van der Waals surface area contributed by atoms with Crippen LogP contribution in [0.2, 0.25) is 0 Å². The fourth-order valence-electron chi connectivity index (χ4n) is 1.57. The molecule has 0 amide bonds. The molecule has 13 heavy (non-hydrogen) atoms. The molecule has 0 aliphatic heterocycles. The van der Waals surface area contributed by atoms with E-state index in [2.05, 4.69) is 0 Å². The zero-order valence-corrected chi connectivity index (χ0v) is 7.16. The number of ether oxygens (including phenoxy) is 1. The van der Waals surface area contributed by atoms with Crippen LogP contribution < -0.4 is 0 Å². The summed E-state index contributed by atoms with van der Waals surface area (Å²) in [5, 5.41) is 0. The lowest BCUT2D eigenvalue weighted by molar-refractivity contribution is -0.166. The molecular formula is C9H11F3O. The molecule has 74 valence electrons. The highest BCUT2D eigenvalue weighted by molar-refractivity contribution is 5.25. The number of rotatable bonds is 3. The summed E-state index contributed by atoms with van der Waals surface area (Å²) >= 11 is 0. The second-order valence-electron chi connectivity index (χ2n) is 3.63. The van der Waals surface area contributed by atoms with E-state index in [9.17, 15) is 13.2 Å². The molecule has 1 saturated carbocycles. The highest BCUT2D eigenvalue weighted by Gasteiger charge is 2.36. The third kappa shape index (κ3) is 2.17. The molecule has 0 spiro atoms. The molecule has 2 rings (SSSR count). The summed E-state index contributed by atoms with van der Waals surface area (Å²) in [6.45, 7) is -1.13. The molecule has 0 unspecified atom stereocenters. The Morgan fingerprint density at radius 2 is 1.92 bits per heavy atom. The van der Waals surface area contributed by atoms with Crippen LogP contribution in [0.3, 0.4) is 0 Å². The zero-order chi connectivity index (χ0) is 9.47. The molecule has 0 aromatic heterocycles. The standard InChI is InChI=1S/C9H11F3O/c10-9(11,12)5-13-8-4-3-7(8)6-1-2-6/h6H,1-5H2. The van der Waals surface area contributed by atoms with E-state index in [1.807, 2.05) is 0 Å². The minimum absolute atomic E-state index is 0.553. The van der Waals surface area contributed by atoms with Crippen molar-refractivity contribution in [2.75, 3.05) is 6.61 Å². The molecular weight excluding hydrogens is 181 g/mol. The van der Waals surface area contributed by atoms with Crippen molar-refractivity contribution in [1.82, 2.24) is 0 Å². The Balaban J connectivity index is 1.85. The molecule has 0 heterocycles. The van der Waals surface area contributed by atoms with Gasteiger partial charge in [-0.3, -0.25) is 0 Å². The van der Waals surface area contributed by atoms with Crippen LogP contribution in [0.1, 0.15) is 25.7 Å². The first kappa shape index (κ1) is 8.91. The Kier molecular flexibility index (Phi) is 2.00. The number of hydrogen-bond donors (Lipinski definition) is 0. The van der Waals surface area contributed by atoms with Crippen LogP contribution in [-0.4, -0.2) is 12.8 Å². The van der Waals surface area contributed by atoms with Gasteiger partial charge in [-0.2, -0.15) is 13.2 Å². The lowest BCUT2D eigenvalue weighted by Gasteiger charge is -2.24. The minimum atomic E-state index is -4.20. The molecule has 0 atom stereocenters. The Morgan fingerprint density at radius 1 is 1.23 bits per heavy atom. The highest BCUT2D eigenvalue weighted by atomic mass is 19.4. The Hall–Kier alpha value is -0.670. The van der Waals surface area contributed by atoms with Crippen molar-refractivity contribution in [3.8, 4) is 0 Å². The van der Waals surface area contributed by atoms with Crippen LogP contribution in [0.15, 0.2) is 11.3 Å². The molecule has 1 nitrogen and oxygen atoms in total. The van der Waals surface area contributed by atoms with Gasteiger partial charge in [-0.1, -0.05) is 0 Å². The van der Waals surface area contributed by atoms with Crippen LogP contribution in [0.5, 0.6) is 0 Å². The largest absolute Gasteiger partial charge is 0.488 e. The van der Waals surface area contributed by atoms with Gasteiger partial charge in [0.25, 0.3) is 0 Å². The third-order valence-corrected chi connectivity index (χ3v) is 2.46. The Morgan fingerprint density at radius 3 is 2.31 bits per heavy atom. The monoisotopic (exact) mass is 192 g/mol. The molecule has 0 aromatic rings. The van der Waals surface area contributed by atoms with E-state index in [0.717, 1.165) is 24.8 Å². The van der Waals surface area contributed by atoms with Crippen LogP contribution in [0.25, 0.3) is 0 Å². The summed E-state index contributed by atoms with van der Waals surface area (Å²) in [5.41, 5.74) is 1.14. The molecule has 2 aliphatic rings. The predicted molar refractivity (Wildman–Crippen MR) is 41.0 cm³/mol. The van der Waals surface area contributed by atoms with Gasteiger partial charge in [0.05, 0.1) is 5.76 Å². The van der Waals surface area contributed by atoms with Gasteiger partial charge in [0.1, 0.15) is 0 Å². The van der Waals surface area contributed by atoms with Crippen LogP contribution in [-0.2, 0) is 4.74 Å². The second kappa shape index (κ2) is 2.93. The van der Waals surface area contributed by atoms with Crippen LogP contribution in [0.4, 0.5) is 13.2 Å². The van der Waals surface area contributed by atoms with Gasteiger partial charge in [-0.05, 0) is 30.8 Å². The number of hydrogen-bond acceptors (Lipinski definition) is 1. The summed E-state index contributed by atoms with van der Waals surface area (Å²) in [7, 11) is 0. The average Bonchev–Trinajstić information content (AvgIpc) is 2.66. The average molecular weight is 192 g/mol. The minimum Gasteiger partial charge on any atom is -0.488 e. The molecule has 0 N–H and O–H groups in total. The van der Waals surface area contributed by atoms with Gasteiger partial charge in [0.15, 0.2) is 6.61 Å². The molecule has 4 heteroatoms. The SMILES string of the molecule is FC(F)(F)COC1=C(C2CC2)CC1. The quantitative estimate of drug-likeness (QED) is 0.667. The van der Waals surface area contributed by atoms with Crippen LogP contribution in [0, 0.1) is 5.92 Å². The van der Waals surface area contributed by atoms with Crippen LogP contribution >= 0.6 is 0 Å². The number of halogens is 3. The van der Waals surface area contributed by atoms with Crippen molar-refractivity contribution in [2.24, 2.45) is 5.92 Å². The maximum atomic E-state index is 11.8. The van der Waals surface area contributed by atoms with Gasteiger partial charge in [-0.15, -0.1) is 0 Å². The fourth-order valence-corrected chi connectivity index (χ4v) is 1.57. The first-order chi connectivity index (χ1) is 6.06. The van der Waals surface area contributed by atoms with Gasteiger partial charge >= 0.3 is 6.18 Å². The van der Waals surface area contributed by atoms with Crippen molar-refractivity contribution in [2.45, 2.75) is 31.9 Å². The Labute approximate surface area is 74.6 Å².